The lowest BCUT2D eigenvalue weighted by Gasteiger charge is -2.41. The van der Waals surface area contributed by atoms with E-state index >= 15 is 0 Å². The third-order valence-corrected chi connectivity index (χ3v) is 2.51. The normalized spacial score (nSPS) is 20.4. The first kappa shape index (κ1) is 14.9. The second-order valence-corrected chi connectivity index (χ2v) is 4.42. The van der Waals surface area contributed by atoms with Gasteiger partial charge in [-0.1, -0.05) is 0 Å². The highest BCUT2D eigenvalue weighted by molar-refractivity contribution is 5.80. The molecule has 103 valence electrons. The minimum Gasteiger partial charge on any atom is -0.418 e. The van der Waals surface area contributed by atoms with Crippen molar-refractivity contribution >= 4 is 11.9 Å². The molecule has 0 aromatic rings. The van der Waals surface area contributed by atoms with Gasteiger partial charge in [-0.3, -0.25) is 10.1 Å². The minimum atomic E-state index is -1.93. The Morgan fingerprint density at radius 2 is 1.89 bits per heavy atom. The van der Waals surface area contributed by atoms with E-state index in [1.165, 1.54) is 11.8 Å². The van der Waals surface area contributed by atoms with Crippen LogP contribution in [0, 0.1) is 0 Å². The Bertz CT molecular complexity index is 315. The number of carbonyl (C=O) groups is 2. The largest absolute Gasteiger partial charge is 0.430 e. The van der Waals surface area contributed by atoms with Crippen molar-refractivity contribution in [3.8, 4) is 0 Å². The number of nitrogens with one attached hydrogen (secondary N) is 1. The topological polar surface area (TPSA) is 87.8 Å². The van der Waals surface area contributed by atoms with Crippen molar-refractivity contribution in [1.29, 1.82) is 0 Å². The number of rotatable bonds is 5. The van der Waals surface area contributed by atoms with Crippen LogP contribution in [-0.2, 0) is 24.2 Å². The van der Waals surface area contributed by atoms with E-state index in [2.05, 4.69) is 5.32 Å². The molecule has 1 radical (unpaired) electrons. The van der Waals surface area contributed by atoms with E-state index in [1.54, 1.807) is 13.8 Å². The van der Waals surface area contributed by atoms with Gasteiger partial charge in [0, 0.05) is 26.1 Å². The van der Waals surface area contributed by atoms with Gasteiger partial charge in [-0.15, -0.1) is 0 Å². The molecule has 1 saturated heterocycles. The first-order valence-electron chi connectivity index (χ1n) is 5.90. The fourth-order valence-corrected chi connectivity index (χ4v) is 1.89. The molecule has 1 atom stereocenters. The number of ether oxygens (including phenoxy) is 2. The lowest BCUT2D eigenvalue weighted by Crippen LogP contribution is -2.69. The zero-order valence-electron chi connectivity index (χ0n) is 10.9. The van der Waals surface area contributed by atoms with Crippen LogP contribution in [0.2, 0.25) is 0 Å². The molecular formula is C11H19N2O5. The summed E-state index contributed by atoms with van der Waals surface area (Å²) in [5.74, 6) is -4.09. The summed E-state index contributed by atoms with van der Waals surface area (Å²) in [7, 11) is 0. The number of esters is 1. The van der Waals surface area contributed by atoms with Gasteiger partial charge in [-0.2, -0.15) is 0 Å². The smallest absolute Gasteiger partial charge is 0.418 e. The van der Waals surface area contributed by atoms with Gasteiger partial charge in [0.05, 0.1) is 13.2 Å². The molecule has 7 nitrogen and oxygen atoms in total. The Balaban J connectivity index is 3.00. The first-order chi connectivity index (χ1) is 8.38. The van der Waals surface area contributed by atoms with E-state index in [0.29, 0.717) is 26.3 Å². The molecule has 1 aliphatic heterocycles. The van der Waals surface area contributed by atoms with Crippen molar-refractivity contribution < 1.29 is 24.2 Å². The highest BCUT2D eigenvalue weighted by Gasteiger charge is 2.50. The summed E-state index contributed by atoms with van der Waals surface area (Å²) >= 11 is 0. The quantitative estimate of drug-likeness (QED) is 0.528. The number of hydrogen-bond acceptors (Lipinski definition) is 6. The van der Waals surface area contributed by atoms with Crippen LogP contribution in [0.15, 0.2) is 0 Å². The number of nitrogens with zero attached hydrogens (tertiary/aromatic N) is 1. The lowest BCUT2D eigenvalue weighted by molar-refractivity contribution is -0.224. The van der Waals surface area contributed by atoms with Crippen LogP contribution in [0.25, 0.3) is 0 Å². The van der Waals surface area contributed by atoms with E-state index in [0.717, 1.165) is 0 Å². The van der Waals surface area contributed by atoms with E-state index in [1.807, 2.05) is 0 Å². The molecule has 1 rings (SSSR count). The molecule has 1 unspecified atom stereocenters. The van der Waals surface area contributed by atoms with Crippen LogP contribution in [0.3, 0.4) is 0 Å². The van der Waals surface area contributed by atoms with Crippen LogP contribution >= 0.6 is 0 Å². The van der Waals surface area contributed by atoms with Gasteiger partial charge in [-0.05, 0) is 13.8 Å². The van der Waals surface area contributed by atoms with Crippen molar-refractivity contribution in [2.24, 2.45) is 0 Å². The zero-order chi connectivity index (χ0) is 13.8. The van der Waals surface area contributed by atoms with Crippen LogP contribution in [0.5, 0.6) is 0 Å². The summed E-state index contributed by atoms with van der Waals surface area (Å²) in [6.07, 6.45) is 0. The molecule has 0 amide bonds. The second-order valence-electron chi connectivity index (χ2n) is 4.42. The molecule has 0 saturated carbocycles. The van der Waals surface area contributed by atoms with Crippen molar-refractivity contribution in [3.63, 3.8) is 0 Å². The van der Waals surface area contributed by atoms with Crippen molar-refractivity contribution in [3.05, 3.63) is 0 Å². The molecule has 1 heterocycles. The third kappa shape index (κ3) is 3.41. The van der Waals surface area contributed by atoms with Crippen LogP contribution < -0.4 is 5.32 Å². The van der Waals surface area contributed by atoms with Crippen LogP contribution in [0.4, 0.5) is 0 Å². The SMILES string of the molecule is CC(=O)OC(NC(C)C)(C([O])=O)N1CCOCC1. The van der Waals surface area contributed by atoms with Gasteiger partial charge < -0.3 is 9.47 Å². The summed E-state index contributed by atoms with van der Waals surface area (Å²) in [6.45, 7) is 6.16. The fourth-order valence-electron chi connectivity index (χ4n) is 1.89. The lowest BCUT2D eigenvalue weighted by atomic mass is 10.2. The Morgan fingerprint density at radius 1 is 1.33 bits per heavy atom. The average Bonchev–Trinajstić information content (AvgIpc) is 2.27. The molecular weight excluding hydrogens is 240 g/mol. The van der Waals surface area contributed by atoms with Crippen LogP contribution in [0.1, 0.15) is 20.8 Å². The van der Waals surface area contributed by atoms with E-state index < -0.39 is 17.8 Å². The average molecular weight is 259 g/mol. The highest BCUT2D eigenvalue weighted by Crippen LogP contribution is 2.18. The van der Waals surface area contributed by atoms with Gasteiger partial charge in [-0.25, -0.2) is 14.8 Å². The Hall–Kier alpha value is -1.18. The van der Waals surface area contributed by atoms with Gasteiger partial charge >= 0.3 is 17.8 Å². The summed E-state index contributed by atoms with van der Waals surface area (Å²) in [6, 6.07) is -0.190. The molecule has 1 fully saturated rings. The van der Waals surface area contributed by atoms with Crippen molar-refractivity contribution in [2.75, 3.05) is 26.3 Å². The fraction of sp³-hybridized carbons (Fsp3) is 0.818. The van der Waals surface area contributed by atoms with Gasteiger partial charge in [0.15, 0.2) is 0 Å². The maximum absolute atomic E-state index is 11.5. The third-order valence-electron chi connectivity index (χ3n) is 2.51. The molecule has 0 aromatic heterocycles. The molecule has 1 N–H and O–H groups in total. The van der Waals surface area contributed by atoms with E-state index in [9.17, 15) is 14.7 Å². The zero-order valence-corrected chi connectivity index (χ0v) is 10.9. The maximum Gasteiger partial charge on any atom is 0.430 e. The molecule has 0 aliphatic carbocycles. The molecule has 1 aliphatic rings. The van der Waals surface area contributed by atoms with Gasteiger partial charge in [0.2, 0.25) is 0 Å². The van der Waals surface area contributed by atoms with Crippen LogP contribution in [-0.4, -0.2) is 55.0 Å². The summed E-state index contributed by atoms with van der Waals surface area (Å²) in [5.41, 5.74) is 0. The van der Waals surface area contributed by atoms with E-state index in [4.69, 9.17) is 9.47 Å². The number of morpholine rings is 1. The second kappa shape index (κ2) is 6.12. The summed E-state index contributed by atoms with van der Waals surface area (Å²) in [4.78, 5) is 24.1. The summed E-state index contributed by atoms with van der Waals surface area (Å²) in [5, 5.41) is 14.2. The summed E-state index contributed by atoms with van der Waals surface area (Å²) < 4.78 is 10.2. The molecule has 18 heavy (non-hydrogen) atoms. The van der Waals surface area contributed by atoms with Crippen molar-refractivity contribution in [1.82, 2.24) is 10.2 Å². The molecule has 0 spiro atoms. The minimum absolute atomic E-state index is 0.190. The standard InChI is InChI=1S/C11H19N2O5/c1-8(2)12-11(10(15)16,18-9(3)14)13-4-6-17-7-5-13/h8,12H,4-7H2,1-3H3. The molecule has 7 heteroatoms. The first-order valence-corrected chi connectivity index (χ1v) is 5.90. The number of carbonyl (C=O) groups excluding carboxylic acids is 2. The predicted octanol–water partition coefficient (Wildman–Crippen LogP) is -0.509. The Labute approximate surface area is 106 Å². The molecule has 0 bridgehead atoms. The highest BCUT2D eigenvalue weighted by atomic mass is 16.6. The predicted molar refractivity (Wildman–Crippen MR) is 60.9 cm³/mol. The number of hydrogen-bond donors (Lipinski definition) is 1. The monoisotopic (exact) mass is 259 g/mol. The maximum atomic E-state index is 11.5. The Morgan fingerprint density at radius 3 is 2.28 bits per heavy atom. The molecule has 0 aromatic carbocycles. The van der Waals surface area contributed by atoms with Gasteiger partial charge in [0.25, 0.3) is 0 Å². The Kier molecular flexibility index (Phi) is 5.06. The van der Waals surface area contributed by atoms with Gasteiger partial charge in [0.1, 0.15) is 0 Å². The van der Waals surface area contributed by atoms with E-state index in [-0.39, 0.29) is 6.04 Å². The van der Waals surface area contributed by atoms with Crippen molar-refractivity contribution in [2.45, 2.75) is 32.7 Å².